The lowest BCUT2D eigenvalue weighted by Crippen LogP contribution is -2.39. The highest BCUT2D eigenvalue weighted by Crippen LogP contribution is 2.23. The monoisotopic (exact) mass is 323 g/mol. The van der Waals surface area contributed by atoms with Crippen molar-refractivity contribution in [1.29, 1.82) is 0 Å². The highest BCUT2D eigenvalue weighted by Gasteiger charge is 2.16. The van der Waals surface area contributed by atoms with E-state index in [1.807, 2.05) is 0 Å². The van der Waals surface area contributed by atoms with Gasteiger partial charge < -0.3 is 10.6 Å². The van der Waals surface area contributed by atoms with Gasteiger partial charge in [-0.25, -0.2) is 0 Å². The van der Waals surface area contributed by atoms with Crippen LogP contribution in [0.1, 0.15) is 24.0 Å². The Balaban J connectivity index is 1.73. The predicted octanol–water partition coefficient (Wildman–Crippen LogP) is 3.34. The van der Waals surface area contributed by atoms with E-state index in [0.717, 1.165) is 39.0 Å². The van der Waals surface area contributed by atoms with Crippen LogP contribution in [-0.2, 0) is 13.1 Å². The van der Waals surface area contributed by atoms with Gasteiger partial charge in [-0.3, -0.25) is 4.90 Å². The summed E-state index contributed by atoms with van der Waals surface area (Å²) in [5, 5.41) is 0. The maximum absolute atomic E-state index is 6.01. The van der Waals surface area contributed by atoms with Crippen LogP contribution >= 0.6 is 0 Å². The standard InChI is InChI=1S/C21H29N3/c1-23(2)15-17-5-3-7-19(13-17)20-8-4-6-18(14-20)16-24-11-9-21(22)10-12-24/h3-8,13-14,21H,9-12,15-16,22H2,1-2H3. The molecule has 0 spiro atoms. The first-order valence-corrected chi connectivity index (χ1v) is 8.91. The second-order valence-corrected chi connectivity index (χ2v) is 7.25. The summed E-state index contributed by atoms with van der Waals surface area (Å²) in [5.74, 6) is 0. The zero-order valence-corrected chi connectivity index (χ0v) is 14.9. The summed E-state index contributed by atoms with van der Waals surface area (Å²) in [7, 11) is 4.22. The van der Waals surface area contributed by atoms with Crippen molar-refractivity contribution in [3.05, 3.63) is 59.7 Å². The van der Waals surface area contributed by atoms with Crippen LogP contribution in [0.15, 0.2) is 48.5 Å². The van der Waals surface area contributed by atoms with Gasteiger partial charge in [0, 0.05) is 19.1 Å². The lowest BCUT2D eigenvalue weighted by Gasteiger charge is -2.30. The Morgan fingerprint density at radius 3 is 2.17 bits per heavy atom. The number of nitrogens with two attached hydrogens (primary N) is 1. The van der Waals surface area contributed by atoms with Gasteiger partial charge in [0.05, 0.1) is 0 Å². The molecule has 3 heteroatoms. The summed E-state index contributed by atoms with van der Waals surface area (Å²) in [6.45, 7) is 4.23. The van der Waals surface area contributed by atoms with Crippen LogP contribution in [0.2, 0.25) is 0 Å². The molecule has 24 heavy (non-hydrogen) atoms. The molecular formula is C21H29N3. The Bertz CT molecular complexity index is 658. The van der Waals surface area contributed by atoms with E-state index in [4.69, 9.17) is 5.73 Å². The highest BCUT2D eigenvalue weighted by molar-refractivity contribution is 5.64. The van der Waals surface area contributed by atoms with Crippen molar-refractivity contribution in [3.8, 4) is 11.1 Å². The second-order valence-electron chi connectivity index (χ2n) is 7.25. The molecule has 2 N–H and O–H groups in total. The van der Waals surface area contributed by atoms with Gasteiger partial charge in [0.2, 0.25) is 0 Å². The van der Waals surface area contributed by atoms with Crippen molar-refractivity contribution in [3.63, 3.8) is 0 Å². The molecular weight excluding hydrogens is 294 g/mol. The predicted molar refractivity (Wildman–Crippen MR) is 102 cm³/mol. The van der Waals surface area contributed by atoms with Gasteiger partial charge in [0.1, 0.15) is 0 Å². The molecule has 2 aromatic carbocycles. The third-order valence-electron chi connectivity index (χ3n) is 4.72. The topological polar surface area (TPSA) is 32.5 Å². The van der Waals surface area contributed by atoms with Gasteiger partial charge in [-0.1, -0.05) is 36.4 Å². The number of rotatable bonds is 5. The summed E-state index contributed by atoms with van der Waals surface area (Å²) in [5.41, 5.74) is 11.4. The summed E-state index contributed by atoms with van der Waals surface area (Å²) >= 11 is 0. The second kappa shape index (κ2) is 7.93. The molecule has 1 heterocycles. The van der Waals surface area contributed by atoms with Gasteiger partial charge in [-0.15, -0.1) is 0 Å². The lowest BCUT2D eigenvalue weighted by molar-refractivity contribution is 0.205. The van der Waals surface area contributed by atoms with Crippen LogP contribution in [0.5, 0.6) is 0 Å². The molecule has 3 rings (SSSR count). The zero-order chi connectivity index (χ0) is 16.9. The van der Waals surface area contributed by atoms with Crippen molar-refractivity contribution in [2.75, 3.05) is 27.2 Å². The van der Waals surface area contributed by atoms with E-state index >= 15 is 0 Å². The van der Waals surface area contributed by atoms with Crippen molar-refractivity contribution in [2.24, 2.45) is 5.73 Å². The van der Waals surface area contributed by atoms with Crippen LogP contribution in [0.4, 0.5) is 0 Å². The molecule has 1 saturated heterocycles. The molecule has 0 saturated carbocycles. The van der Waals surface area contributed by atoms with E-state index in [1.165, 1.54) is 22.3 Å². The molecule has 1 aliphatic heterocycles. The van der Waals surface area contributed by atoms with Gasteiger partial charge in [-0.05, 0) is 74.4 Å². The minimum Gasteiger partial charge on any atom is -0.328 e. The molecule has 0 radical (unpaired) electrons. The first-order chi connectivity index (χ1) is 11.6. The van der Waals surface area contributed by atoms with Crippen molar-refractivity contribution in [1.82, 2.24) is 9.80 Å². The van der Waals surface area contributed by atoms with Crippen LogP contribution in [0.3, 0.4) is 0 Å². The SMILES string of the molecule is CN(C)Cc1cccc(-c2cccc(CN3CCC(N)CC3)c2)c1. The molecule has 0 aromatic heterocycles. The zero-order valence-electron chi connectivity index (χ0n) is 14.9. The molecule has 1 aliphatic rings. The number of nitrogens with zero attached hydrogens (tertiary/aromatic N) is 2. The molecule has 0 bridgehead atoms. The Labute approximate surface area is 146 Å². The van der Waals surface area contributed by atoms with Crippen LogP contribution in [0.25, 0.3) is 11.1 Å². The average molecular weight is 323 g/mol. The smallest absolute Gasteiger partial charge is 0.0233 e. The summed E-state index contributed by atoms with van der Waals surface area (Å²) in [6, 6.07) is 18.2. The quantitative estimate of drug-likeness (QED) is 0.916. The Morgan fingerprint density at radius 2 is 1.54 bits per heavy atom. The molecule has 1 fully saturated rings. The first kappa shape index (κ1) is 17.2. The normalized spacial score (nSPS) is 16.7. The fraction of sp³-hybridized carbons (Fsp3) is 0.429. The van der Waals surface area contributed by atoms with E-state index in [2.05, 4.69) is 72.4 Å². The number of benzene rings is 2. The fourth-order valence-corrected chi connectivity index (χ4v) is 3.43. The largest absolute Gasteiger partial charge is 0.328 e. The number of hydrogen-bond acceptors (Lipinski definition) is 3. The Morgan fingerprint density at radius 1 is 0.958 bits per heavy atom. The Kier molecular flexibility index (Phi) is 5.67. The van der Waals surface area contributed by atoms with Gasteiger partial charge in [-0.2, -0.15) is 0 Å². The van der Waals surface area contributed by atoms with Crippen molar-refractivity contribution in [2.45, 2.75) is 32.0 Å². The van der Waals surface area contributed by atoms with E-state index in [-0.39, 0.29) is 0 Å². The van der Waals surface area contributed by atoms with Crippen molar-refractivity contribution >= 4 is 0 Å². The van der Waals surface area contributed by atoms with Gasteiger partial charge in [0.25, 0.3) is 0 Å². The Hall–Kier alpha value is -1.68. The summed E-state index contributed by atoms with van der Waals surface area (Å²) in [4.78, 5) is 4.72. The maximum atomic E-state index is 6.01. The van der Waals surface area contributed by atoms with Gasteiger partial charge >= 0.3 is 0 Å². The third-order valence-corrected chi connectivity index (χ3v) is 4.72. The summed E-state index contributed by atoms with van der Waals surface area (Å²) in [6.07, 6.45) is 2.23. The first-order valence-electron chi connectivity index (χ1n) is 8.91. The molecule has 3 nitrogen and oxygen atoms in total. The minimum absolute atomic E-state index is 0.395. The minimum atomic E-state index is 0.395. The average Bonchev–Trinajstić information content (AvgIpc) is 2.57. The third kappa shape index (κ3) is 4.67. The van der Waals surface area contributed by atoms with E-state index in [1.54, 1.807) is 0 Å². The molecule has 0 unspecified atom stereocenters. The number of hydrogen-bond donors (Lipinski definition) is 1. The maximum Gasteiger partial charge on any atom is 0.0233 e. The number of likely N-dealkylation sites (tertiary alicyclic amines) is 1. The lowest BCUT2D eigenvalue weighted by atomic mass is 10.00. The number of piperidine rings is 1. The molecule has 0 atom stereocenters. The molecule has 0 amide bonds. The summed E-state index contributed by atoms with van der Waals surface area (Å²) < 4.78 is 0. The van der Waals surface area contributed by atoms with E-state index in [9.17, 15) is 0 Å². The van der Waals surface area contributed by atoms with Crippen LogP contribution in [-0.4, -0.2) is 43.0 Å². The highest BCUT2D eigenvalue weighted by atomic mass is 15.1. The van der Waals surface area contributed by atoms with E-state index in [0.29, 0.717) is 6.04 Å². The van der Waals surface area contributed by atoms with Crippen molar-refractivity contribution < 1.29 is 0 Å². The van der Waals surface area contributed by atoms with Crippen LogP contribution < -0.4 is 5.73 Å². The molecule has 0 aliphatic carbocycles. The van der Waals surface area contributed by atoms with Crippen LogP contribution in [0, 0.1) is 0 Å². The van der Waals surface area contributed by atoms with Gasteiger partial charge in [0.15, 0.2) is 0 Å². The molecule has 2 aromatic rings. The fourth-order valence-electron chi connectivity index (χ4n) is 3.43. The molecule has 128 valence electrons. The van der Waals surface area contributed by atoms with E-state index < -0.39 is 0 Å².